The van der Waals surface area contributed by atoms with Gasteiger partial charge in [-0.05, 0) is 29.8 Å². The largest absolute Gasteiger partial charge is 0.493 e. The smallest absolute Gasteiger partial charge is 0.275 e. The molecule has 20 heavy (non-hydrogen) atoms. The summed E-state index contributed by atoms with van der Waals surface area (Å²) in [4.78, 5) is 11.8. The number of hydrogen-bond acceptors (Lipinski definition) is 6. The summed E-state index contributed by atoms with van der Waals surface area (Å²) in [7, 11) is 3.13. The Balaban J connectivity index is 2.13. The molecule has 1 aromatic heterocycles. The van der Waals surface area contributed by atoms with E-state index < -0.39 is 0 Å². The Morgan fingerprint density at radius 2 is 2.05 bits per heavy atom. The highest BCUT2D eigenvalue weighted by molar-refractivity contribution is 5.91. The van der Waals surface area contributed by atoms with Crippen LogP contribution in [-0.2, 0) is 0 Å². The molecule has 1 amide bonds. The molecule has 0 aliphatic rings. The first-order chi connectivity index (χ1) is 9.65. The molecule has 0 saturated carbocycles. The van der Waals surface area contributed by atoms with Crippen LogP contribution in [0.3, 0.4) is 0 Å². The van der Waals surface area contributed by atoms with Crippen LogP contribution in [0.25, 0.3) is 0 Å². The molecule has 0 radical (unpaired) electrons. The van der Waals surface area contributed by atoms with Gasteiger partial charge in [-0.25, -0.2) is 4.63 Å². The molecule has 0 spiro atoms. The molecule has 1 heterocycles. The van der Waals surface area contributed by atoms with Crippen LogP contribution < -0.4 is 14.8 Å². The zero-order valence-corrected chi connectivity index (χ0v) is 11.4. The normalized spacial score (nSPS) is 11.8. The lowest BCUT2D eigenvalue weighted by molar-refractivity contribution is 0.0930. The predicted molar refractivity (Wildman–Crippen MR) is 69.7 cm³/mol. The van der Waals surface area contributed by atoms with Crippen molar-refractivity contribution >= 4 is 5.91 Å². The molecule has 0 fully saturated rings. The number of hydrogen-bond donors (Lipinski definition) is 1. The Hall–Kier alpha value is -2.57. The fraction of sp³-hybridized carbons (Fsp3) is 0.308. The van der Waals surface area contributed by atoms with Crippen molar-refractivity contribution < 1.29 is 18.9 Å². The van der Waals surface area contributed by atoms with Gasteiger partial charge >= 0.3 is 0 Å². The Bertz CT molecular complexity index is 583. The van der Waals surface area contributed by atoms with Crippen molar-refractivity contribution in [2.24, 2.45) is 0 Å². The van der Waals surface area contributed by atoms with Crippen LogP contribution in [0.5, 0.6) is 11.5 Å². The van der Waals surface area contributed by atoms with Gasteiger partial charge in [0.25, 0.3) is 5.91 Å². The van der Waals surface area contributed by atoms with Crippen molar-refractivity contribution in [1.29, 1.82) is 0 Å². The monoisotopic (exact) mass is 277 g/mol. The first-order valence-corrected chi connectivity index (χ1v) is 5.96. The zero-order chi connectivity index (χ0) is 14.5. The summed E-state index contributed by atoms with van der Waals surface area (Å²) >= 11 is 0. The number of ether oxygens (including phenoxy) is 2. The lowest BCUT2D eigenvalue weighted by Crippen LogP contribution is -2.26. The predicted octanol–water partition coefficient (Wildman–Crippen LogP) is 1.58. The molecule has 2 rings (SSSR count). The van der Waals surface area contributed by atoms with Crippen LogP contribution in [-0.4, -0.2) is 30.4 Å². The first kappa shape index (κ1) is 13.9. The zero-order valence-electron chi connectivity index (χ0n) is 11.4. The highest BCUT2D eigenvalue weighted by Crippen LogP contribution is 2.29. The number of nitrogens with one attached hydrogen (secondary N) is 1. The van der Waals surface area contributed by atoms with E-state index in [1.54, 1.807) is 20.3 Å². The number of rotatable bonds is 5. The van der Waals surface area contributed by atoms with Crippen molar-refractivity contribution in [3.63, 3.8) is 0 Å². The summed E-state index contributed by atoms with van der Waals surface area (Å²) in [5.74, 6) is 0.887. The second-order valence-electron chi connectivity index (χ2n) is 4.10. The van der Waals surface area contributed by atoms with Gasteiger partial charge in [-0.1, -0.05) is 11.2 Å². The quantitative estimate of drug-likeness (QED) is 0.892. The molecule has 1 unspecified atom stereocenters. The number of carbonyl (C=O) groups is 1. The summed E-state index contributed by atoms with van der Waals surface area (Å²) in [6, 6.07) is 5.23. The van der Waals surface area contributed by atoms with Gasteiger partial charge in [0.2, 0.25) is 0 Å². The summed E-state index contributed by atoms with van der Waals surface area (Å²) in [6.45, 7) is 1.85. The first-order valence-electron chi connectivity index (χ1n) is 5.96. The third-order valence-electron chi connectivity index (χ3n) is 2.85. The molecular weight excluding hydrogens is 262 g/mol. The number of benzene rings is 1. The number of aromatic nitrogens is 2. The van der Waals surface area contributed by atoms with Gasteiger partial charge in [0.15, 0.2) is 17.2 Å². The lowest BCUT2D eigenvalue weighted by Gasteiger charge is -2.15. The fourth-order valence-corrected chi connectivity index (χ4v) is 1.74. The standard InChI is InChI=1S/C13H15N3O4/c1-8(15-13(17)10-7-14-20-16-10)9-4-5-11(18-2)12(6-9)19-3/h4-8H,1-3H3,(H,15,17). The summed E-state index contributed by atoms with van der Waals surface area (Å²) < 4.78 is 14.8. The van der Waals surface area contributed by atoms with Crippen LogP contribution in [0.4, 0.5) is 0 Å². The van der Waals surface area contributed by atoms with E-state index in [2.05, 4.69) is 20.3 Å². The van der Waals surface area contributed by atoms with Crippen molar-refractivity contribution in [3.05, 3.63) is 35.7 Å². The minimum Gasteiger partial charge on any atom is -0.493 e. The SMILES string of the molecule is COc1ccc(C(C)NC(=O)c2cnon2)cc1OC. The van der Waals surface area contributed by atoms with E-state index in [9.17, 15) is 4.79 Å². The number of carbonyl (C=O) groups excluding carboxylic acids is 1. The maximum Gasteiger partial charge on any atom is 0.275 e. The number of methoxy groups -OCH3 is 2. The Kier molecular flexibility index (Phi) is 4.19. The number of nitrogens with zero attached hydrogens (tertiary/aromatic N) is 2. The third kappa shape index (κ3) is 2.87. The van der Waals surface area contributed by atoms with Gasteiger partial charge in [0, 0.05) is 0 Å². The minimum atomic E-state index is -0.353. The van der Waals surface area contributed by atoms with Gasteiger partial charge in [-0.15, -0.1) is 0 Å². The van der Waals surface area contributed by atoms with Gasteiger partial charge in [0.1, 0.15) is 6.20 Å². The maximum absolute atomic E-state index is 11.8. The van der Waals surface area contributed by atoms with E-state index in [1.165, 1.54) is 6.20 Å². The molecule has 2 aromatic rings. The van der Waals surface area contributed by atoms with E-state index in [0.29, 0.717) is 11.5 Å². The molecule has 0 aliphatic carbocycles. The van der Waals surface area contributed by atoms with Crippen LogP contribution in [0, 0.1) is 0 Å². The van der Waals surface area contributed by atoms with Crippen LogP contribution >= 0.6 is 0 Å². The topological polar surface area (TPSA) is 86.5 Å². The van der Waals surface area contributed by atoms with Gasteiger partial charge < -0.3 is 14.8 Å². The highest BCUT2D eigenvalue weighted by Gasteiger charge is 2.15. The molecule has 0 bridgehead atoms. The Morgan fingerprint density at radius 3 is 2.65 bits per heavy atom. The van der Waals surface area contributed by atoms with Crippen molar-refractivity contribution in [3.8, 4) is 11.5 Å². The Morgan fingerprint density at radius 1 is 1.30 bits per heavy atom. The second-order valence-corrected chi connectivity index (χ2v) is 4.10. The molecule has 1 N–H and O–H groups in total. The fourth-order valence-electron chi connectivity index (χ4n) is 1.74. The van der Waals surface area contributed by atoms with Crippen molar-refractivity contribution in [2.45, 2.75) is 13.0 Å². The van der Waals surface area contributed by atoms with E-state index in [0.717, 1.165) is 5.56 Å². The van der Waals surface area contributed by atoms with E-state index >= 15 is 0 Å². The molecule has 1 aromatic carbocycles. The van der Waals surface area contributed by atoms with Crippen LogP contribution in [0.1, 0.15) is 29.0 Å². The molecule has 106 valence electrons. The van der Waals surface area contributed by atoms with Crippen molar-refractivity contribution in [1.82, 2.24) is 15.6 Å². The molecular formula is C13H15N3O4. The molecule has 0 saturated heterocycles. The average Bonchev–Trinajstić information content (AvgIpc) is 3.00. The lowest BCUT2D eigenvalue weighted by atomic mass is 10.1. The molecule has 7 nitrogen and oxygen atoms in total. The molecule has 1 atom stereocenters. The van der Waals surface area contributed by atoms with Gasteiger partial charge in [-0.3, -0.25) is 4.79 Å². The third-order valence-corrected chi connectivity index (χ3v) is 2.85. The molecule has 7 heteroatoms. The van der Waals surface area contributed by atoms with E-state index in [4.69, 9.17) is 9.47 Å². The number of amides is 1. The summed E-state index contributed by atoms with van der Waals surface area (Å²) in [5, 5.41) is 9.66. The van der Waals surface area contributed by atoms with E-state index in [-0.39, 0.29) is 17.6 Å². The second kappa shape index (κ2) is 6.05. The van der Waals surface area contributed by atoms with Gasteiger partial charge in [0.05, 0.1) is 20.3 Å². The summed E-state index contributed by atoms with van der Waals surface area (Å²) in [5.41, 5.74) is 1.02. The summed E-state index contributed by atoms with van der Waals surface area (Å²) in [6.07, 6.45) is 1.26. The van der Waals surface area contributed by atoms with Crippen LogP contribution in [0.2, 0.25) is 0 Å². The molecule has 0 aliphatic heterocycles. The van der Waals surface area contributed by atoms with Crippen LogP contribution in [0.15, 0.2) is 29.0 Å². The minimum absolute atomic E-state index is 0.136. The Labute approximate surface area is 115 Å². The van der Waals surface area contributed by atoms with Crippen molar-refractivity contribution in [2.75, 3.05) is 14.2 Å². The highest BCUT2D eigenvalue weighted by atomic mass is 16.6. The maximum atomic E-state index is 11.8. The van der Waals surface area contributed by atoms with E-state index in [1.807, 2.05) is 19.1 Å². The van der Waals surface area contributed by atoms with Gasteiger partial charge in [-0.2, -0.15) is 0 Å². The average molecular weight is 277 g/mol.